The Labute approximate surface area is 107 Å². The molecule has 1 aromatic carbocycles. The lowest BCUT2D eigenvalue weighted by Crippen LogP contribution is -2.29. The molecular formula is C16H27N. The molecule has 1 fully saturated rings. The number of benzene rings is 1. The number of piperidine rings is 1. The Balaban J connectivity index is 0.000000686. The third-order valence-corrected chi connectivity index (χ3v) is 3.20. The molecule has 0 saturated carbocycles. The highest BCUT2D eigenvalue weighted by atomic mass is 15.1. The Morgan fingerprint density at radius 1 is 0.941 bits per heavy atom. The minimum Gasteiger partial charge on any atom is -0.372 e. The SMILES string of the molecule is CC.CCCc1ccc(N2CCCCC2)cc1. The van der Waals surface area contributed by atoms with E-state index in [4.69, 9.17) is 0 Å². The molecule has 1 aliphatic heterocycles. The summed E-state index contributed by atoms with van der Waals surface area (Å²) in [7, 11) is 0. The molecule has 1 heterocycles. The first-order valence-electron chi connectivity index (χ1n) is 7.24. The molecule has 1 heteroatoms. The molecule has 0 radical (unpaired) electrons. The second-order valence-electron chi connectivity index (χ2n) is 4.46. The summed E-state index contributed by atoms with van der Waals surface area (Å²) >= 11 is 0. The summed E-state index contributed by atoms with van der Waals surface area (Å²) in [5, 5.41) is 0. The highest BCUT2D eigenvalue weighted by Gasteiger charge is 2.09. The van der Waals surface area contributed by atoms with E-state index in [9.17, 15) is 0 Å². The van der Waals surface area contributed by atoms with Crippen molar-refractivity contribution in [3.63, 3.8) is 0 Å². The third kappa shape index (κ3) is 4.41. The van der Waals surface area contributed by atoms with Gasteiger partial charge in [0.15, 0.2) is 0 Å². The Hall–Kier alpha value is -0.980. The highest BCUT2D eigenvalue weighted by Crippen LogP contribution is 2.20. The Morgan fingerprint density at radius 2 is 1.53 bits per heavy atom. The van der Waals surface area contributed by atoms with Crippen LogP contribution < -0.4 is 4.90 Å². The van der Waals surface area contributed by atoms with Crippen LogP contribution in [0.25, 0.3) is 0 Å². The number of rotatable bonds is 3. The number of anilines is 1. The molecular weight excluding hydrogens is 206 g/mol. The quantitative estimate of drug-likeness (QED) is 0.734. The van der Waals surface area contributed by atoms with Gasteiger partial charge in [-0.2, -0.15) is 0 Å². The maximum absolute atomic E-state index is 2.51. The monoisotopic (exact) mass is 233 g/mol. The van der Waals surface area contributed by atoms with Crippen molar-refractivity contribution >= 4 is 5.69 Å². The van der Waals surface area contributed by atoms with Crippen LogP contribution in [0.2, 0.25) is 0 Å². The summed E-state index contributed by atoms with van der Waals surface area (Å²) in [5.41, 5.74) is 2.88. The molecule has 1 aliphatic rings. The number of nitrogens with zero attached hydrogens (tertiary/aromatic N) is 1. The summed E-state index contributed by atoms with van der Waals surface area (Å²) in [6.45, 7) is 8.72. The van der Waals surface area contributed by atoms with Crippen molar-refractivity contribution < 1.29 is 0 Å². The lowest BCUT2D eigenvalue weighted by atomic mass is 10.1. The van der Waals surface area contributed by atoms with E-state index in [0.717, 1.165) is 0 Å². The predicted octanol–water partition coefficient (Wildman–Crippen LogP) is 4.66. The van der Waals surface area contributed by atoms with Crippen molar-refractivity contribution in [3.05, 3.63) is 29.8 Å². The number of aryl methyl sites for hydroxylation is 1. The summed E-state index contributed by atoms with van der Waals surface area (Å²) < 4.78 is 0. The largest absolute Gasteiger partial charge is 0.372 e. The normalized spacial score (nSPS) is 15.1. The maximum Gasteiger partial charge on any atom is 0.0366 e. The number of hydrogen-bond donors (Lipinski definition) is 0. The van der Waals surface area contributed by atoms with Crippen LogP contribution >= 0.6 is 0 Å². The Bertz CT molecular complexity index is 283. The number of hydrogen-bond acceptors (Lipinski definition) is 1. The molecule has 0 atom stereocenters. The average molecular weight is 233 g/mol. The van der Waals surface area contributed by atoms with Gasteiger partial charge in [0, 0.05) is 18.8 Å². The van der Waals surface area contributed by atoms with Gasteiger partial charge in [-0.3, -0.25) is 0 Å². The smallest absolute Gasteiger partial charge is 0.0366 e. The molecule has 0 N–H and O–H groups in total. The van der Waals surface area contributed by atoms with Crippen LogP contribution in [0.1, 0.15) is 52.0 Å². The Kier molecular flexibility index (Phi) is 6.76. The van der Waals surface area contributed by atoms with E-state index in [1.165, 1.54) is 56.4 Å². The maximum atomic E-state index is 2.51. The minimum atomic E-state index is 1.21. The zero-order valence-electron chi connectivity index (χ0n) is 11.7. The van der Waals surface area contributed by atoms with Gasteiger partial charge in [-0.1, -0.05) is 39.3 Å². The van der Waals surface area contributed by atoms with Crippen molar-refractivity contribution in [2.24, 2.45) is 0 Å². The van der Waals surface area contributed by atoms with Crippen LogP contribution in [0.5, 0.6) is 0 Å². The third-order valence-electron chi connectivity index (χ3n) is 3.20. The fourth-order valence-electron chi connectivity index (χ4n) is 2.31. The van der Waals surface area contributed by atoms with Crippen LogP contribution in [0.3, 0.4) is 0 Å². The molecule has 0 amide bonds. The fraction of sp³-hybridized carbons (Fsp3) is 0.625. The van der Waals surface area contributed by atoms with E-state index in [0.29, 0.717) is 0 Å². The second-order valence-corrected chi connectivity index (χ2v) is 4.46. The predicted molar refractivity (Wildman–Crippen MR) is 77.8 cm³/mol. The molecule has 0 spiro atoms. The van der Waals surface area contributed by atoms with Gasteiger partial charge >= 0.3 is 0 Å². The highest BCUT2D eigenvalue weighted by molar-refractivity contribution is 5.47. The van der Waals surface area contributed by atoms with Crippen molar-refractivity contribution in [2.75, 3.05) is 18.0 Å². The van der Waals surface area contributed by atoms with Crippen molar-refractivity contribution in [1.82, 2.24) is 0 Å². The molecule has 1 nitrogen and oxygen atoms in total. The molecule has 1 aromatic rings. The summed E-state index contributed by atoms with van der Waals surface area (Å²) in [6.07, 6.45) is 6.57. The standard InChI is InChI=1S/C14H21N.C2H6/c1-2-6-13-7-9-14(10-8-13)15-11-4-3-5-12-15;1-2/h7-10H,2-6,11-12H2,1H3;1-2H3. The lowest BCUT2D eigenvalue weighted by Gasteiger charge is -2.28. The Morgan fingerprint density at radius 3 is 2.06 bits per heavy atom. The summed E-state index contributed by atoms with van der Waals surface area (Å²) in [4.78, 5) is 2.51. The van der Waals surface area contributed by atoms with E-state index in [-0.39, 0.29) is 0 Å². The van der Waals surface area contributed by atoms with Gasteiger partial charge in [-0.05, 0) is 43.4 Å². The van der Waals surface area contributed by atoms with E-state index in [2.05, 4.69) is 36.1 Å². The topological polar surface area (TPSA) is 3.24 Å². The van der Waals surface area contributed by atoms with Crippen LogP contribution in [0, 0.1) is 0 Å². The molecule has 0 bridgehead atoms. The molecule has 0 aliphatic carbocycles. The zero-order chi connectivity index (χ0) is 12.5. The fourth-order valence-corrected chi connectivity index (χ4v) is 2.31. The summed E-state index contributed by atoms with van der Waals surface area (Å²) in [5.74, 6) is 0. The van der Waals surface area contributed by atoms with Gasteiger partial charge in [0.2, 0.25) is 0 Å². The average Bonchev–Trinajstić information content (AvgIpc) is 2.43. The molecule has 17 heavy (non-hydrogen) atoms. The first-order valence-corrected chi connectivity index (χ1v) is 7.24. The van der Waals surface area contributed by atoms with Crippen molar-refractivity contribution in [1.29, 1.82) is 0 Å². The van der Waals surface area contributed by atoms with E-state index >= 15 is 0 Å². The van der Waals surface area contributed by atoms with Gasteiger partial charge < -0.3 is 4.90 Å². The van der Waals surface area contributed by atoms with Crippen LogP contribution in [0.15, 0.2) is 24.3 Å². The molecule has 0 unspecified atom stereocenters. The van der Waals surface area contributed by atoms with Gasteiger partial charge in [0.05, 0.1) is 0 Å². The van der Waals surface area contributed by atoms with E-state index in [1.54, 1.807) is 0 Å². The lowest BCUT2D eigenvalue weighted by molar-refractivity contribution is 0.578. The van der Waals surface area contributed by atoms with Crippen LogP contribution in [0.4, 0.5) is 5.69 Å². The molecule has 96 valence electrons. The molecule has 1 saturated heterocycles. The van der Waals surface area contributed by atoms with Crippen molar-refractivity contribution in [3.8, 4) is 0 Å². The van der Waals surface area contributed by atoms with Gasteiger partial charge in [0.1, 0.15) is 0 Å². The van der Waals surface area contributed by atoms with E-state index < -0.39 is 0 Å². The zero-order valence-corrected chi connectivity index (χ0v) is 11.7. The van der Waals surface area contributed by atoms with E-state index in [1.807, 2.05) is 13.8 Å². The molecule has 0 aromatic heterocycles. The summed E-state index contributed by atoms with van der Waals surface area (Å²) in [6, 6.07) is 9.15. The molecule has 2 rings (SSSR count). The first kappa shape index (κ1) is 14.1. The van der Waals surface area contributed by atoms with Gasteiger partial charge in [-0.25, -0.2) is 0 Å². The van der Waals surface area contributed by atoms with Gasteiger partial charge in [-0.15, -0.1) is 0 Å². The van der Waals surface area contributed by atoms with Crippen molar-refractivity contribution in [2.45, 2.75) is 52.9 Å². The van der Waals surface area contributed by atoms with Crippen LogP contribution in [-0.4, -0.2) is 13.1 Å². The second kappa shape index (κ2) is 8.16. The van der Waals surface area contributed by atoms with Crippen LogP contribution in [-0.2, 0) is 6.42 Å². The first-order chi connectivity index (χ1) is 8.40. The minimum absolute atomic E-state index is 1.21. The van der Waals surface area contributed by atoms with Gasteiger partial charge in [0.25, 0.3) is 0 Å².